The Bertz CT molecular complexity index is 1170. The summed E-state index contributed by atoms with van der Waals surface area (Å²) in [6.45, 7) is 3.24. The van der Waals surface area contributed by atoms with E-state index in [-0.39, 0.29) is 37.5 Å². The quantitative estimate of drug-likeness (QED) is 0.419. The molecule has 0 spiro atoms. The van der Waals surface area contributed by atoms with Crippen molar-refractivity contribution in [1.82, 2.24) is 4.98 Å². The number of nitrogens with one attached hydrogen (secondary N) is 1. The van der Waals surface area contributed by atoms with Gasteiger partial charge in [-0.05, 0) is 31.2 Å². The number of halogens is 2. The van der Waals surface area contributed by atoms with Crippen LogP contribution in [0.3, 0.4) is 0 Å². The molecule has 0 saturated carbocycles. The number of hydrogen-bond acceptors (Lipinski definition) is 6. The van der Waals surface area contributed by atoms with E-state index in [1.807, 2.05) is 18.2 Å². The molecule has 0 aliphatic carbocycles. The Labute approximate surface area is 190 Å². The Morgan fingerprint density at radius 1 is 1.30 bits per heavy atom. The third-order valence-corrected chi connectivity index (χ3v) is 6.11. The number of rotatable bonds is 3. The summed E-state index contributed by atoms with van der Waals surface area (Å²) < 4.78 is 44.2. The van der Waals surface area contributed by atoms with E-state index in [9.17, 15) is 8.78 Å². The van der Waals surface area contributed by atoms with Gasteiger partial charge in [0.15, 0.2) is 0 Å². The second-order valence-electron chi connectivity index (χ2n) is 8.99. The van der Waals surface area contributed by atoms with E-state index < -0.39 is 11.9 Å². The van der Waals surface area contributed by atoms with E-state index in [1.54, 1.807) is 17.2 Å². The molecule has 33 heavy (non-hydrogen) atoms. The van der Waals surface area contributed by atoms with Gasteiger partial charge in [-0.15, -0.1) is 0 Å². The van der Waals surface area contributed by atoms with Gasteiger partial charge < -0.3 is 24.8 Å². The van der Waals surface area contributed by atoms with Gasteiger partial charge in [-0.2, -0.15) is 0 Å². The van der Waals surface area contributed by atoms with Gasteiger partial charge in [0.2, 0.25) is 0 Å². The van der Waals surface area contributed by atoms with Crippen LogP contribution in [0.2, 0.25) is 0 Å². The number of hydrogen-bond donors (Lipinski definition) is 2. The van der Waals surface area contributed by atoms with E-state index in [2.05, 4.69) is 23.7 Å². The molecule has 1 atom stereocenters. The van der Waals surface area contributed by atoms with Gasteiger partial charge in [0.25, 0.3) is 11.9 Å². The molecule has 1 unspecified atom stereocenters. The molecule has 2 aromatic rings. The molecule has 7 nitrogen and oxygen atoms in total. The molecule has 9 heteroatoms. The summed E-state index contributed by atoms with van der Waals surface area (Å²) in [5.74, 6) is 5.03. The highest BCUT2D eigenvalue weighted by Crippen LogP contribution is 2.45. The topological polar surface area (TPSA) is 93.7 Å². The average molecular weight is 454 g/mol. The summed E-state index contributed by atoms with van der Waals surface area (Å²) in [5, 5.41) is 7.49. The first-order chi connectivity index (χ1) is 15.7. The molecule has 3 aliphatic heterocycles. The number of fused-ring (bicyclic) bond motifs is 2. The van der Waals surface area contributed by atoms with Crippen LogP contribution in [0.15, 0.2) is 30.5 Å². The summed E-state index contributed by atoms with van der Waals surface area (Å²) in [7, 11) is 0. The second kappa shape index (κ2) is 7.89. The predicted octanol–water partition coefficient (Wildman–Crippen LogP) is 3.46. The second-order valence-corrected chi connectivity index (χ2v) is 8.99. The molecule has 4 heterocycles. The van der Waals surface area contributed by atoms with Crippen molar-refractivity contribution >= 4 is 11.8 Å². The van der Waals surface area contributed by atoms with Gasteiger partial charge in [-0.3, -0.25) is 5.41 Å². The third kappa shape index (κ3) is 4.31. The zero-order chi connectivity index (χ0) is 23.2. The van der Waals surface area contributed by atoms with Crippen LogP contribution in [-0.4, -0.2) is 49.8 Å². The number of aromatic nitrogens is 1. The number of nitrogens with zero attached hydrogens (tertiary/aromatic N) is 2. The molecule has 5 rings (SSSR count). The highest BCUT2D eigenvalue weighted by atomic mass is 19.3. The Balaban J connectivity index is 1.50. The van der Waals surface area contributed by atoms with Crippen molar-refractivity contribution in [3.8, 4) is 23.3 Å². The minimum Gasteiger partial charge on any atom is -0.465 e. The molecule has 172 valence electrons. The summed E-state index contributed by atoms with van der Waals surface area (Å²) >= 11 is 0. The minimum absolute atomic E-state index is 0.0980. The van der Waals surface area contributed by atoms with Crippen molar-refractivity contribution in [3.05, 3.63) is 47.2 Å². The Kier molecular flexibility index (Phi) is 5.13. The highest BCUT2D eigenvalue weighted by molar-refractivity contribution is 5.68. The van der Waals surface area contributed by atoms with Crippen LogP contribution in [-0.2, 0) is 9.47 Å². The maximum atomic E-state index is 13.8. The van der Waals surface area contributed by atoms with Crippen molar-refractivity contribution in [3.63, 3.8) is 0 Å². The van der Waals surface area contributed by atoms with E-state index in [4.69, 9.17) is 25.4 Å². The monoisotopic (exact) mass is 454 g/mol. The van der Waals surface area contributed by atoms with Gasteiger partial charge in [0.05, 0.1) is 37.3 Å². The molecule has 0 radical (unpaired) electrons. The molecule has 2 saturated heterocycles. The van der Waals surface area contributed by atoms with E-state index in [1.165, 1.54) is 0 Å². The highest BCUT2D eigenvalue weighted by Gasteiger charge is 2.39. The summed E-state index contributed by atoms with van der Waals surface area (Å²) in [6.07, 6.45) is 1.35. The number of ether oxygens (including phenoxy) is 3. The fraction of sp³-hybridized carbons (Fsp3) is 0.417. The summed E-state index contributed by atoms with van der Waals surface area (Å²) in [5.41, 5.74) is 7.69. The lowest BCUT2D eigenvalue weighted by molar-refractivity contribution is -0.0648. The fourth-order valence-corrected chi connectivity index (χ4v) is 4.24. The molecule has 1 aromatic heterocycles. The van der Waals surface area contributed by atoms with Crippen molar-refractivity contribution in [1.29, 1.82) is 5.41 Å². The fourth-order valence-electron chi connectivity index (χ4n) is 4.24. The number of benzene rings is 1. The van der Waals surface area contributed by atoms with E-state index in [0.29, 0.717) is 30.5 Å². The average Bonchev–Trinajstić information content (AvgIpc) is 3.13. The van der Waals surface area contributed by atoms with Gasteiger partial charge in [0, 0.05) is 29.7 Å². The predicted molar refractivity (Wildman–Crippen MR) is 118 cm³/mol. The molecule has 0 bridgehead atoms. The lowest BCUT2D eigenvalue weighted by atomic mass is 9.87. The number of alkyl halides is 2. The van der Waals surface area contributed by atoms with Crippen molar-refractivity contribution in [2.75, 3.05) is 37.8 Å². The number of amidine groups is 1. The van der Waals surface area contributed by atoms with Crippen molar-refractivity contribution in [2.45, 2.75) is 25.2 Å². The van der Waals surface area contributed by atoms with Gasteiger partial charge >= 0.3 is 0 Å². The zero-order valence-electron chi connectivity index (χ0n) is 18.2. The van der Waals surface area contributed by atoms with Gasteiger partial charge in [0.1, 0.15) is 23.9 Å². The first-order valence-corrected chi connectivity index (χ1v) is 10.7. The molecule has 3 aliphatic rings. The van der Waals surface area contributed by atoms with Crippen molar-refractivity contribution < 1.29 is 23.0 Å². The van der Waals surface area contributed by atoms with Crippen LogP contribution in [0, 0.1) is 22.7 Å². The van der Waals surface area contributed by atoms with Crippen LogP contribution < -0.4 is 15.4 Å². The Morgan fingerprint density at radius 3 is 2.76 bits per heavy atom. The molecule has 0 amide bonds. The summed E-state index contributed by atoms with van der Waals surface area (Å²) in [4.78, 5) is 5.93. The standard InChI is InChI=1S/C24H24F2N4O3/c1-23(13-31-14-23)5-4-15-2-3-19-16(8-15)18(11-32-22(27)28)17-9-21(29-10-20(17)33-19)30-7-6-24(25,26)12-30/h2-3,8-10,18H,6-7,11-14H2,1H3,(H3,27,28). The Morgan fingerprint density at radius 2 is 2.09 bits per heavy atom. The van der Waals surface area contributed by atoms with Crippen LogP contribution >= 0.6 is 0 Å². The van der Waals surface area contributed by atoms with Crippen LogP contribution in [0.4, 0.5) is 14.6 Å². The lowest BCUT2D eigenvalue weighted by Crippen LogP contribution is -2.38. The lowest BCUT2D eigenvalue weighted by Gasteiger charge is -2.32. The van der Waals surface area contributed by atoms with E-state index in [0.717, 1.165) is 16.7 Å². The number of anilines is 1. The number of nitrogens with two attached hydrogens (primary N) is 1. The Hall–Kier alpha value is -3.38. The first kappa shape index (κ1) is 21.5. The van der Waals surface area contributed by atoms with Crippen molar-refractivity contribution in [2.24, 2.45) is 11.1 Å². The maximum Gasteiger partial charge on any atom is 0.279 e. The van der Waals surface area contributed by atoms with Gasteiger partial charge in [-0.25, -0.2) is 13.8 Å². The molecular weight excluding hydrogens is 430 g/mol. The van der Waals surface area contributed by atoms with Crippen LogP contribution in [0.1, 0.15) is 36.0 Å². The van der Waals surface area contributed by atoms with E-state index >= 15 is 0 Å². The largest absolute Gasteiger partial charge is 0.465 e. The maximum absolute atomic E-state index is 13.8. The van der Waals surface area contributed by atoms with Crippen LogP contribution in [0.25, 0.3) is 0 Å². The number of pyridine rings is 1. The normalized spacial score (nSPS) is 21.5. The molecule has 2 fully saturated rings. The molecule has 3 N–H and O–H groups in total. The third-order valence-electron chi connectivity index (χ3n) is 6.11. The summed E-state index contributed by atoms with van der Waals surface area (Å²) in [6, 6.07) is 7.03. The zero-order valence-corrected chi connectivity index (χ0v) is 18.2. The SMILES string of the molecule is CC1(C#Cc2ccc3c(c2)C(COC(=N)N)c2cc(N4CCC(F)(F)C4)ncc2O3)COC1. The minimum atomic E-state index is -2.73. The van der Waals surface area contributed by atoms with Crippen LogP contribution in [0.5, 0.6) is 11.5 Å². The van der Waals surface area contributed by atoms with Gasteiger partial charge in [-0.1, -0.05) is 11.8 Å². The molecular formula is C24H24F2N4O3. The first-order valence-electron chi connectivity index (χ1n) is 10.7. The molecule has 1 aromatic carbocycles. The smallest absolute Gasteiger partial charge is 0.279 e.